The van der Waals surface area contributed by atoms with Gasteiger partial charge in [0.15, 0.2) is 0 Å². The molecule has 112 valence electrons. The average molecular weight is 318 g/mol. The van der Waals surface area contributed by atoms with E-state index in [1.807, 2.05) is 42.6 Å². The van der Waals surface area contributed by atoms with Gasteiger partial charge in [-0.3, -0.25) is 4.98 Å². The fraction of sp³-hybridized carbons (Fsp3) is 0.0556. The molecule has 4 rings (SSSR count). The predicted octanol–water partition coefficient (Wildman–Crippen LogP) is 4.11. The topological polar surface area (TPSA) is 43.6 Å². The molecule has 2 heterocycles. The number of hydrogen-bond donors (Lipinski definition) is 0. The fourth-order valence-electron chi connectivity index (χ4n) is 2.45. The van der Waals surface area contributed by atoms with E-state index in [9.17, 15) is 0 Å². The minimum atomic E-state index is 0.766. The normalized spacial score (nSPS) is 11.0. The van der Waals surface area contributed by atoms with Crippen molar-refractivity contribution in [2.24, 2.45) is 0 Å². The Hall–Kier alpha value is -2.66. The SMILES string of the molecule is c1ccc(-n2cnc(SCc3cccc4cccnc34)n2)cc1. The number of aromatic nitrogens is 4. The maximum absolute atomic E-state index is 4.52. The van der Waals surface area contributed by atoms with Crippen molar-refractivity contribution in [3.8, 4) is 5.69 Å². The molecule has 0 atom stereocenters. The Labute approximate surface area is 138 Å². The minimum Gasteiger partial charge on any atom is -0.256 e. The highest BCUT2D eigenvalue weighted by Crippen LogP contribution is 2.24. The Morgan fingerprint density at radius 1 is 0.870 bits per heavy atom. The monoisotopic (exact) mass is 318 g/mol. The molecule has 4 nitrogen and oxygen atoms in total. The third-order valence-electron chi connectivity index (χ3n) is 3.56. The van der Waals surface area contributed by atoms with Crippen LogP contribution in [0.25, 0.3) is 16.6 Å². The van der Waals surface area contributed by atoms with Crippen LogP contribution in [0.1, 0.15) is 5.56 Å². The minimum absolute atomic E-state index is 0.766. The zero-order valence-corrected chi connectivity index (χ0v) is 13.1. The number of hydrogen-bond acceptors (Lipinski definition) is 4. The molecule has 2 aromatic heterocycles. The van der Waals surface area contributed by atoms with Crippen molar-refractivity contribution < 1.29 is 0 Å². The summed E-state index contributed by atoms with van der Waals surface area (Å²) in [4.78, 5) is 8.87. The van der Waals surface area contributed by atoms with Crippen molar-refractivity contribution in [3.63, 3.8) is 0 Å². The Morgan fingerprint density at radius 3 is 2.65 bits per heavy atom. The second-order valence-electron chi connectivity index (χ2n) is 5.09. The van der Waals surface area contributed by atoms with Crippen molar-refractivity contribution >= 4 is 22.7 Å². The summed E-state index contributed by atoms with van der Waals surface area (Å²) < 4.78 is 1.80. The molecule has 2 aromatic carbocycles. The highest BCUT2D eigenvalue weighted by molar-refractivity contribution is 7.98. The Kier molecular flexibility index (Phi) is 3.78. The quantitative estimate of drug-likeness (QED) is 0.531. The third kappa shape index (κ3) is 2.96. The van der Waals surface area contributed by atoms with Crippen LogP contribution in [-0.4, -0.2) is 19.7 Å². The van der Waals surface area contributed by atoms with Crippen molar-refractivity contribution in [1.82, 2.24) is 19.7 Å². The molecule has 0 saturated heterocycles. The highest BCUT2D eigenvalue weighted by atomic mass is 32.2. The van der Waals surface area contributed by atoms with Crippen LogP contribution >= 0.6 is 11.8 Å². The predicted molar refractivity (Wildman–Crippen MR) is 92.7 cm³/mol. The van der Waals surface area contributed by atoms with E-state index in [0.717, 1.165) is 27.5 Å². The van der Waals surface area contributed by atoms with Gasteiger partial charge in [-0.2, -0.15) is 0 Å². The molecule has 23 heavy (non-hydrogen) atoms. The maximum Gasteiger partial charge on any atom is 0.209 e. The van der Waals surface area contributed by atoms with Crippen molar-refractivity contribution in [1.29, 1.82) is 0 Å². The second kappa shape index (κ2) is 6.22. The van der Waals surface area contributed by atoms with Gasteiger partial charge in [-0.15, -0.1) is 5.10 Å². The van der Waals surface area contributed by atoms with Crippen LogP contribution in [0.4, 0.5) is 0 Å². The summed E-state index contributed by atoms with van der Waals surface area (Å²) in [5, 5.41) is 6.45. The zero-order valence-electron chi connectivity index (χ0n) is 12.3. The summed E-state index contributed by atoms with van der Waals surface area (Å²) in [6.45, 7) is 0. The lowest BCUT2D eigenvalue weighted by Gasteiger charge is -2.03. The number of thioether (sulfide) groups is 1. The molecule has 0 amide bonds. The number of benzene rings is 2. The Morgan fingerprint density at radius 2 is 1.74 bits per heavy atom. The highest BCUT2D eigenvalue weighted by Gasteiger charge is 2.06. The number of rotatable bonds is 4. The third-order valence-corrected chi connectivity index (χ3v) is 4.47. The first-order valence-corrected chi connectivity index (χ1v) is 8.31. The standard InChI is InChI=1S/C18H14N4S/c1-2-9-16(10-3-1)22-13-20-18(21-22)23-12-15-7-4-6-14-8-5-11-19-17(14)15/h1-11,13H,12H2. The van der Waals surface area contributed by atoms with E-state index in [4.69, 9.17) is 0 Å². The Balaban J connectivity index is 1.54. The van der Waals surface area contributed by atoms with Gasteiger partial charge < -0.3 is 0 Å². The van der Waals surface area contributed by atoms with Gasteiger partial charge >= 0.3 is 0 Å². The molecule has 0 aliphatic rings. The summed E-state index contributed by atoms with van der Waals surface area (Å²) in [5.74, 6) is 0.799. The molecular weight excluding hydrogens is 304 g/mol. The van der Waals surface area contributed by atoms with Crippen LogP contribution in [0.5, 0.6) is 0 Å². The zero-order chi connectivity index (χ0) is 15.5. The molecule has 0 unspecified atom stereocenters. The molecule has 4 aromatic rings. The van der Waals surface area contributed by atoms with Crippen LogP contribution < -0.4 is 0 Å². The Bertz CT molecular complexity index is 929. The van der Waals surface area contributed by atoms with Gasteiger partial charge in [0.2, 0.25) is 5.16 Å². The first-order valence-electron chi connectivity index (χ1n) is 7.33. The molecular formula is C18H14N4S. The summed E-state index contributed by atoms with van der Waals surface area (Å²) in [5.41, 5.74) is 3.26. The molecule has 0 saturated carbocycles. The van der Waals surface area contributed by atoms with Crippen LogP contribution in [0.15, 0.2) is 78.3 Å². The van der Waals surface area contributed by atoms with Crippen LogP contribution in [0.2, 0.25) is 0 Å². The molecule has 0 spiro atoms. The first kappa shape index (κ1) is 14.0. The molecule has 5 heteroatoms. The molecule has 0 bridgehead atoms. The van der Waals surface area contributed by atoms with E-state index >= 15 is 0 Å². The van der Waals surface area contributed by atoms with Gasteiger partial charge in [0.1, 0.15) is 6.33 Å². The van der Waals surface area contributed by atoms with Gasteiger partial charge in [0, 0.05) is 17.3 Å². The van der Waals surface area contributed by atoms with Gasteiger partial charge in [-0.25, -0.2) is 9.67 Å². The van der Waals surface area contributed by atoms with E-state index in [0.29, 0.717) is 0 Å². The lowest BCUT2D eigenvalue weighted by Crippen LogP contribution is -1.93. The number of para-hydroxylation sites is 2. The van der Waals surface area contributed by atoms with E-state index in [1.54, 1.807) is 22.8 Å². The summed E-state index contributed by atoms with van der Waals surface area (Å²) in [7, 11) is 0. The van der Waals surface area contributed by atoms with Crippen molar-refractivity contribution in [2.75, 3.05) is 0 Å². The van der Waals surface area contributed by atoms with E-state index in [1.165, 1.54) is 5.56 Å². The molecule has 0 N–H and O–H groups in total. The molecule has 0 aliphatic heterocycles. The summed E-state index contributed by atoms with van der Waals surface area (Å²) in [6, 6.07) is 20.3. The largest absolute Gasteiger partial charge is 0.256 e. The van der Waals surface area contributed by atoms with E-state index in [2.05, 4.69) is 39.3 Å². The number of nitrogens with zero attached hydrogens (tertiary/aromatic N) is 4. The second-order valence-corrected chi connectivity index (χ2v) is 6.03. The lowest BCUT2D eigenvalue weighted by molar-refractivity contribution is 0.834. The maximum atomic E-state index is 4.52. The van der Waals surface area contributed by atoms with E-state index in [-0.39, 0.29) is 0 Å². The van der Waals surface area contributed by atoms with Crippen molar-refractivity contribution in [3.05, 3.63) is 78.8 Å². The van der Waals surface area contributed by atoms with E-state index < -0.39 is 0 Å². The van der Waals surface area contributed by atoms with Crippen LogP contribution in [0.3, 0.4) is 0 Å². The smallest absolute Gasteiger partial charge is 0.209 e. The average Bonchev–Trinajstić information content (AvgIpc) is 3.10. The van der Waals surface area contributed by atoms with Gasteiger partial charge in [0.05, 0.1) is 11.2 Å². The number of fused-ring (bicyclic) bond motifs is 1. The van der Waals surface area contributed by atoms with Gasteiger partial charge in [-0.1, -0.05) is 54.2 Å². The fourth-order valence-corrected chi connectivity index (χ4v) is 3.23. The first-order chi connectivity index (χ1) is 11.4. The van der Waals surface area contributed by atoms with Crippen molar-refractivity contribution in [2.45, 2.75) is 10.9 Å². The van der Waals surface area contributed by atoms with Crippen LogP contribution in [-0.2, 0) is 5.75 Å². The molecule has 0 fully saturated rings. The molecule has 0 aliphatic carbocycles. The number of pyridine rings is 1. The van der Waals surface area contributed by atoms with Gasteiger partial charge in [0.25, 0.3) is 0 Å². The lowest BCUT2D eigenvalue weighted by atomic mass is 10.1. The van der Waals surface area contributed by atoms with Crippen LogP contribution in [0, 0.1) is 0 Å². The summed E-state index contributed by atoms with van der Waals surface area (Å²) in [6.07, 6.45) is 3.58. The summed E-state index contributed by atoms with van der Waals surface area (Å²) >= 11 is 1.62. The molecule has 0 radical (unpaired) electrons. The van der Waals surface area contributed by atoms with Gasteiger partial charge in [-0.05, 0) is 23.8 Å².